The van der Waals surface area contributed by atoms with Crippen LogP contribution in [0.1, 0.15) is 12.0 Å². The van der Waals surface area contributed by atoms with Crippen LogP contribution in [0.3, 0.4) is 0 Å². The molecule has 0 spiro atoms. The molecule has 11 aromatic rings. The van der Waals surface area contributed by atoms with E-state index in [1.54, 1.807) is 0 Å². The number of nitrogens with one attached hydrogen (secondary N) is 1. The third kappa shape index (κ3) is 3.92. The summed E-state index contributed by atoms with van der Waals surface area (Å²) in [5.74, 6) is 0.949. The van der Waals surface area contributed by atoms with Gasteiger partial charge in [0.2, 0.25) is 0 Å². The Morgan fingerprint density at radius 3 is 1.45 bits per heavy atom. The van der Waals surface area contributed by atoms with Gasteiger partial charge in [-0.25, -0.2) is 4.98 Å². The fourth-order valence-electron chi connectivity index (χ4n) is 9.65. The van der Waals surface area contributed by atoms with Crippen molar-refractivity contribution >= 4 is 71.7 Å². The highest BCUT2D eigenvalue weighted by Crippen LogP contribution is 2.53. The Morgan fingerprint density at radius 2 is 0.857 bits per heavy atom. The number of imidazole rings is 1. The number of fused-ring (bicyclic) bond motifs is 18. The second kappa shape index (κ2) is 11.0. The number of aromatic nitrogens is 4. The second-order valence-electron chi connectivity index (χ2n) is 14.9. The summed E-state index contributed by atoms with van der Waals surface area (Å²) in [5, 5.41) is 8.87. The summed E-state index contributed by atoms with van der Waals surface area (Å²) in [4.78, 5) is 7.84. The van der Waals surface area contributed by atoms with Crippen LogP contribution in [-0.4, -0.2) is 18.7 Å². The third-order valence-corrected chi connectivity index (χ3v) is 12.0. The summed E-state index contributed by atoms with van der Waals surface area (Å²) in [6, 6.07) is 66.1. The van der Waals surface area contributed by atoms with E-state index in [1.165, 1.54) is 43.6 Å². The molecule has 2 aliphatic rings. The molecule has 0 radical (unpaired) electrons. The molecule has 5 heterocycles. The van der Waals surface area contributed by atoms with Crippen molar-refractivity contribution in [3.63, 3.8) is 0 Å². The van der Waals surface area contributed by atoms with Gasteiger partial charge in [-0.15, -0.1) is 0 Å². The fourth-order valence-corrected chi connectivity index (χ4v) is 9.65. The third-order valence-electron chi connectivity index (χ3n) is 12.0. The molecule has 56 heavy (non-hydrogen) atoms. The Balaban J connectivity index is 1.17. The first kappa shape index (κ1) is 29.8. The van der Waals surface area contributed by atoms with Crippen LogP contribution in [0.15, 0.2) is 182 Å². The predicted octanol–water partition coefficient (Wildman–Crippen LogP) is 12.5. The zero-order valence-electron chi connectivity index (χ0n) is 30.1. The summed E-state index contributed by atoms with van der Waals surface area (Å²) in [7, 11) is 0. The first-order valence-corrected chi connectivity index (χ1v) is 19.2. The van der Waals surface area contributed by atoms with E-state index in [2.05, 4.69) is 206 Å². The minimum Gasteiger partial charge on any atom is -0.357 e. The molecule has 0 amide bonds. The average Bonchev–Trinajstić information content (AvgIpc) is 4.01. The summed E-state index contributed by atoms with van der Waals surface area (Å²) < 4.78 is 7.22. The molecule has 3 aromatic heterocycles. The lowest BCUT2D eigenvalue weighted by Gasteiger charge is -2.33. The van der Waals surface area contributed by atoms with E-state index >= 15 is 0 Å². The van der Waals surface area contributed by atoms with Crippen LogP contribution in [0.2, 0.25) is 0 Å². The van der Waals surface area contributed by atoms with Gasteiger partial charge in [0, 0.05) is 44.0 Å². The number of para-hydroxylation sites is 8. The van der Waals surface area contributed by atoms with E-state index in [0.29, 0.717) is 0 Å². The molecule has 6 heteroatoms. The molecule has 1 N–H and O–H groups in total. The Kier molecular flexibility index (Phi) is 5.86. The first-order valence-electron chi connectivity index (χ1n) is 19.2. The van der Waals surface area contributed by atoms with E-state index < -0.39 is 0 Å². The van der Waals surface area contributed by atoms with Crippen molar-refractivity contribution < 1.29 is 0 Å². The molecule has 1 unspecified atom stereocenters. The molecule has 0 aliphatic carbocycles. The van der Waals surface area contributed by atoms with Crippen LogP contribution in [0.25, 0.3) is 82.8 Å². The fraction of sp³-hybridized carbons (Fsp3) is 0.0200. The van der Waals surface area contributed by atoms with E-state index in [4.69, 9.17) is 4.98 Å². The monoisotopic (exact) mass is 716 g/mol. The van der Waals surface area contributed by atoms with Crippen LogP contribution < -0.4 is 10.2 Å². The molecule has 0 saturated heterocycles. The van der Waals surface area contributed by atoms with Gasteiger partial charge >= 0.3 is 0 Å². The lowest BCUT2D eigenvalue weighted by Crippen LogP contribution is -2.28. The highest BCUT2D eigenvalue weighted by atomic mass is 15.4. The molecule has 0 bridgehead atoms. The highest BCUT2D eigenvalue weighted by Gasteiger charge is 2.38. The smallest absolute Gasteiger partial charge is 0.164 e. The first-order chi connectivity index (χ1) is 27.8. The van der Waals surface area contributed by atoms with Crippen LogP contribution in [0.4, 0.5) is 17.1 Å². The SMILES string of the molecule is c1ccc2c(c1)NC1c3nc4ccccc4n3-c3ccc(-n4c5ccccc5c5ccccc54)cc3-c3cc(-n4c5ccccc5c5ccccc54)ccc3N21. The second-order valence-corrected chi connectivity index (χ2v) is 14.9. The molecule has 13 rings (SSSR count). The Bertz CT molecular complexity index is 3330. The van der Waals surface area contributed by atoms with Crippen molar-refractivity contribution in [2.75, 3.05) is 10.2 Å². The van der Waals surface area contributed by atoms with Crippen LogP contribution >= 0.6 is 0 Å². The van der Waals surface area contributed by atoms with Gasteiger partial charge < -0.3 is 19.4 Å². The normalized spacial score (nSPS) is 14.4. The average molecular weight is 717 g/mol. The number of hydrogen-bond acceptors (Lipinski definition) is 3. The lowest BCUT2D eigenvalue weighted by molar-refractivity contribution is 0.737. The molecular formula is C50H32N6. The van der Waals surface area contributed by atoms with Crippen molar-refractivity contribution in [3.8, 4) is 28.2 Å². The topological polar surface area (TPSA) is 43.0 Å². The van der Waals surface area contributed by atoms with Crippen molar-refractivity contribution in [2.24, 2.45) is 0 Å². The largest absolute Gasteiger partial charge is 0.357 e. The summed E-state index contributed by atoms with van der Waals surface area (Å²) in [6.45, 7) is 0. The Hall–Kier alpha value is -7.57. The van der Waals surface area contributed by atoms with Crippen molar-refractivity contribution in [3.05, 3.63) is 188 Å². The standard InChI is InChI=1S/C50H32N6/c1-7-19-41-33(13-1)34-14-2-8-20-42(34)53(41)31-25-27-45-37(29-31)38-30-32(54-43-21-9-3-15-35(43)36-16-4-10-22-44(36)54)26-28-46(38)56-48-24-12-6-18-40(48)52-50(56)49-51-39-17-5-11-23-47(39)55(45)49/h1-30,49,51H. The number of hydrogen-bond donors (Lipinski definition) is 1. The van der Waals surface area contributed by atoms with Gasteiger partial charge in [-0.1, -0.05) is 97.1 Å². The molecule has 262 valence electrons. The zero-order valence-corrected chi connectivity index (χ0v) is 30.1. The lowest BCUT2D eigenvalue weighted by atomic mass is 9.97. The molecule has 0 fully saturated rings. The molecule has 8 aromatic carbocycles. The van der Waals surface area contributed by atoms with Gasteiger partial charge in [-0.2, -0.15) is 0 Å². The van der Waals surface area contributed by atoms with E-state index in [0.717, 1.165) is 62.1 Å². The maximum absolute atomic E-state index is 5.38. The van der Waals surface area contributed by atoms with Gasteiger partial charge in [0.05, 0.1) is 55.8 Å². The molecule has 2 aliphatic heterocycles. The minimum absolute atomic E-state index is 0.234. The Labute approximate surface area is 321 Å². The molecule has 1 atom stereocenters. The quantitative estimate of drug-likeness (QED) is 0.194. The number of nitrogens with zero attached hydrogens (tertiary/aromatic N) is 5. The number of anilines is 3. The predicted molar refractivity (Wildman–Crippen MR) is 230 cm³/mol. The van der Waals surface area contributed by atoms with Gasteiger partial charge in [0.25, 0.3) is 0 Å². The minimum atomic E-state index is -0.234. The summed E-state index contributed by atoms with van der Waals surface area (Å²) >= 11 is 0. The van der Waals surface area contributed by atoms with Crippen molar-refractivity contribution in [1.29, 1.82) is 0 Å². The highest BCUT2D eigenvalue weighted by molar-refractivity contribution is 6.11. The maximum Gasteiger partial charge on any atom is 0.164 e. The zero-order chi connectivity index (χ0) is 36.5. The van der Waals surface area contributed by atoms with Crippen molar-refractivity contribution in [1.82, 2.24) is 18.7 Å². The van der Waals surface area contributed by atoms with E-state index in [-0.39, 0.29) is 6.17 Å². The summed E-state index contributed by atoms with van der Waals surface area (Å²) in [6.07, 6.45) is -0.234. The van der Waals surface area contributed by atoms with Crippen LogP contribution in [-0.2, 0) is 0 Å². The molecular weight excluding hydrogens is 685 g/mol. The molecule has 6 nitrogen and oxygen atoms in total. The van der Waals surface area contributed by atoms with Crippen molar-refractivity contribution in [2.45, 2.75) is 6.17 Å². The van der Waals surface area contributed by atoms with Gasteiger partial charge in [-0.3, -0.25) is 4.57 Å². The molecule has 0 saturated carbocycles. The number of benzene rings is 8. The van der Waals surface area contributed by atoms with E-state index in [1.807, 2.05) is 0 Å². The van der Waals surface area contributed by atoms with Crippen LogP contribution in [0.5, 0.6) is 0 Å². The van der Waals surface area contributed by atoms with Crippen LogP contribution in [0, 0.1) is 0 Å². The van der Waals surface area contributed by atoms with E-state index in [9.17, 15) is 0 Å². The van der Waals surface area contributed by atoms with Gasteiger partial charge in [0.15, 0.2) is 12.0 Å². The summed E-state index contributed by atoms with van der Waals surface area (Å²) in [5.41, 5.74) is 15.7. The Morgan fingerprint density at radius 1 is 0.393 bits per heavy atom. The van der Waals surface area contributed by atoms with Gasteiger partial charge in [-0.05, 0) is 84.9 Å². The maximum atomic E-state index is 5.38. The van der Waals surface area contributed by atoms with Gasteiger partial charge in [0.1, 0.15) is 0 Å². The number of rotatable bonds is 2.